The number of hydrogen-bond donors (Lipinski definition) is 2. The van der Waals surface area contributed by atoms with Crippen molar-refractivity contribution in [2.45, 2.75) is 13.8 Å². The second-order valence-corrected chi connectivity index (χ2v) is 5.35. The van der Waals surface area contributed by atoms with Crippen molar-refractivity contribution < 1.29 is 19.4 Å². The normalized spacial score (nSPS) is 10.7. The quantitative estimate of drug-likeness (QED) is 0.571. The van der Waals surface area contributed by atoms with Crippen LogP contribution < -0.4 is 4.74 Å². The molecule has 1 aromatic heterocycles. The number of carbonyl (C=O) groups excluding carboxylic acids is 1. The fraction of sp³-hybridized carbons (Fsp3) is 0.111. The molecule has 2 N–H and O–H groups in total. The highest BCUT2D eigenvalue weighted by Crippen LogP contribution is 2.29. The number of rotatable bonds is 3. The van der Waals surface area contributed by atoms with Crippen LogP contribution in [0.5, 0.6) is 5.75 Å². The molecule has 0 saturated heterocycles. The Bertz CT molecular complexity index is 910. The van der Waals surface area contributed by atoms with Gasteiger partial charge in [-0.3, -0.25) is 0 Å². The average Bonchev–Trinajstić information content (AvgIpc) is 2.86. The first-order chi connectivity index (χ1) is 11.0. The van der Waals surface area contributed by atoms with E-state index in [4.69, 9.17) is 4.74 Å². The Morgan fingerprint density at radius 3 is 2.43 bits per heavy atom. The molecule has 5 nitrogen and oxygen atoms in total. The van der Waals surface area contributed by atoms with E-state index < -0.39 is 11.9 Å². The van der Waals surface area contributed by atoms with E-state index in [1.807, 2.05) is 13.0 Å². The molecule has 3 rings (SSSR count). The Morgan fingerprint density at radius 2 is 1.78 bits per heavy atom. The number of ether oxygens (including phenoxy) is 1. The van der Waals surface area contributed by atoms with Crippen molar-refractivity contribution in [2.24, 2.45) is 0 Å². The third-order valence-electron chi connectivity index (χ3n) is 3.77. The smallest absolute Gasteiger partial charge is 0.352 e. The molecule has 0 aliphatic heterocycles. The van der Waals surface area contributed by atoms with E-state index in [1.165, 1.54) is 0 Å². The number of nitrogens with one attached hydrogen (secondary N) is 1. The molecule has 0 spiro atoms. The van der Waals surface area contributed by atoms with Crippen molar-refractivity contribution >= 4 is 22.8 Å². The maximum Gasteiger partial charge on any atom is 0.352 e. The summed E-state index contributed by atoms with van der Waals surface area (Å²) >= 11 is 0. The Kier molecular flexibility index (Phi) is 3.62. The third kappa shape index (κ3) is 2.68. The summed E-state index contributed by atoms with van der Waals surface area (Å²) in [4.78, 5) is 26.3. The molecular formula is C18H15NO4. The lowest BCUT2D eigenvalue weighted by Crippen LogP contribution is -2.08. The lowest BCUT2D eigenvalue weighted by Gasteiger charge is -2.06. The van der Waals surface area contributed by atoms with Gasteiger partial charge < -0.3 is 14.8 Å². The van der Waals surface area contributed by atoms with Crippen LogP contribution in [0.2, 0.25) is 0 Å². The topological polar surface area (TPSA) is 79.4 Å². The summed E-state index contributed by atoms with van der Waals surface area (Å²) < 4.78 is 5.41. The largest absolute Gasteiger partial charge is 0.477 e. The van der Waals surface area contributed by atoms with Crippen LogP contribution >= 0.6 is 0 Å². The molecule has 0 unspecified atom stereocenters. The lowest BCUT2D eigenvalue weighted by atomic mass is 10.1. The summed E-state index contributed by atoms with van der Waals surface area (Å²) in [7, 11) is 0. The van der Waals surface area contributed by atoms with E-state index >= 15 is 0 Å². The van der Waals surface area contributed by atoms with Gasteiger partial charge in [-0.1, -0.05) is 18.2 Å². The fourth-order valence-corrected chi connectivity index (χ4v) is 2.58. The number of esters is 1. The predicted molar refractivity (Wildman–Crippen MR) is 86.1 cm³/mol. The van der Waals surface area contributed by atoms with Crippen LogP contribution in [-0.4, -0.2) is 22.0 Å². The fourth-order valence-electron chi connectivity index (χ4n) is 2.58. The summed E-state index contributed by atoms with van der Waals surface area (Å²) in [6.45, 7) is 3.56. The molecule has 1 heterocycles. The van der Waals surface area contributed by atoms with Gasteiger partial charge in [0.1, 0.15) is 11.4 Å². The molecule has 0 amide bonds. The van der Waals surface area contributed by atoms with Crippen LogP contribution in [0.15, 0.2) is 42.5 Å². The van der Waals surface area contributed by atoms with Gasteiger partial charge in [-0.2, -0.15) is 0 Å². The highest BCUT2D eigenvalue weighted by Gasteiger charge is 2.17. The van der Waals surface area contributed by atoms with Gasteiger partial charge in [0.05, 0.1) is 5.56 Å². The number of fused-ring (bicyclic) bond motifs is 1. The molecule has 0 aliphatic carbocycles. The number of carbonyl (C=O) groups is 2. The third-order valence-corrected chi connectivity index (χ3v) is 3.77. The molecule has 0 radical (unpaired) electrons. The van der Waals surface area contributed by atoms with Gasteiger partial charge in [0.25, 0.3) is 0 Å². The van der Waals surface area contributed by atoms with Gasteiger partial charge in [0.2, 0.25) is 0 Å². The molecule has 3 aromatic rings. The summed E-state index contributed by atoms with van der Waals surface area (Å²) in [5.74, 6) is -1.07. The summed E-state index contributed by atoms with van der Waals surface area (Å²) in [6.07, 6.45) is 0. The number of carboxylic acids is 1. The molecule has 0 bridgehead atoms. The Hall–Kier alpha value is -3.08. The van der Waals surface area contributed by atoms with E-state index in [2.05, 4.69) is 4.98 Å². The van der Waals surface area contributed by atoms with E-state index in [1.54, 1.807) is 43.3 Å². The van der Waals surface area contributed by atoms with Gasteiger partial charge in [0.15, 0.2) is 0 Å². The number of carboxylic acid groups (broad SMARTS) is 1. The molecule has 116 valence electrons. The molecule has 0 fully saturated rings. The van der Waals surface area contributed by atoms with Gasteiger partial charge >= 0.3 is 11.9 Å². The molecule has 0 atom stereocenters. The predicted octanol–water partition coefficient (Wildman–Crippen LogP) is 3.70. The minimum absolute atomic E-state index is 0.148. The number of aromatic carboxylic acids is 1. The van der Waals surface area contributed by atoms with E-state index in [0.29, 0.717) is 16.9 Å². The Balaban J connectivity index is 2.01. The molecule has 5 heteroatoms. The number of aromatic amines is 1. The van der Waals surface area contributed by atoms with E-state index in [0.717, 1.165) is 16.5 Å². The lowest BCUT2D eigenvalue weighted by molar-refractivity contribution is 0.0688. The van der Waals surface area contributed by atoms with Crippen molar-refractivity contribution in [1.29, 1.82) is 0 Å². The highest BCUT2D eigenvalue weighted by atomic mass is 16.5. The number of benzene rings is 2. The van der Waals surface area contributed by atoms with Crippen molar-refractivity contribution in [3.05, 3.63) is 64.8 Å². The summed E-state index contributed by atoms with van der Waals surface area (Å²) in [6, 6.07) is 12.1. The molecule has 0 saturated carbocycles. The summed E-state index contributed by atoms with van der Waals surface area (Å²) in [5.41, 5.74) is 2.78. The van der Waals surface area contributed by atoms with Crippen LogP contribution in [0.4, 0.5) is 0 Å². The van der Waals surface area contributed by atoms with Gasteiger partial charge in [0, 0.05) is 10.9 Å². The van der Waals surface area contributed by atoms with Crippen LogP contribution in [0.25, 0.3) is 10.9 Å². The van der Waals surface area contributed by atoms with Crippen LogP contribution in [0, 0.1) is 13.8 Å². The van der Waals surface area contributed by atoms with Crippen molar-refractivity contribution in [1.82, 2.24) is 4.98 Å². The highest BCUT2D eigenvalue weighted by molar-refractivity contribution is 5.99. The van der Waals surface area contributed by atoms with E-state index in [-0.39, 0.29) is 5.69 Å². The molecule has 2 aromatic carbocycles. The molecular weight excluding hydrogens is 294 g/mol. The van der Waals surface area contributed by atoms with Crippen molar-refractivity contribution in [2.75, 3.05) is 0 Å². The van der Waals surface area contributed by atoms with Crippen LogP contribution in [0.3, 0.4) is 0 Å². The average molecular weight is 309 g/mol. The first-order valence-corrected chi connectivity index (χ1v) is 7.11. The van der Waals surface area contributed by atoms with Crippen molar-refractivity contribution in [3.8, 4) is 5.75 Å². The number of aromatic nitrogens is 1. The van der Waals surface area contributed by atoms with Crippen molar-refractivity contribution in [3.63, 3.8) is 0 Å². The maximum atomic E-state index is 12.1. The van der Waals surface area contributed by atoms with Gasteiger partial charge in [-0.05, 0) is 49.2 Å². The summed E-state index contributed by atoms with van der Waals surface area (Å²) in [5, 5.41) is 9.94. The zero-order valence-electron chi connectivity index (χ0n) is 12.7. The minimum atomic E-state index is -1.01. The first kappa shape index (κ1) is 14.8. The zero-order valence-corrected chi connectivity index (χ0v) is 12.7. The van der Waals surface area contributed by atoms with Gasteiger partial charge in [-0.25, -0.2) is 9.59 Å². The molecule has 23 heavy (non-hydrogen) atoms. The second-order valence-electron chi connectivity index (χ2n) is 5.35. The maximum absolute atomic E-state index is 12.1. The SMILES string of the molecule is Cc1c(C(=O)O)[nH]c2c(C)cc(OC(=O)c3ccccc3)cc12. The number of hydrogen-bond acceptors (Lipinski definition) is 3. The zero-order chi connectivity index (χ0) is 16.6. The Labute approximate surface area is 132 Å². The minimum Gasteiger partial charge on any atom is -0.477 e. The van der Waals surface area contributed by atoms with Crippen LogP contribution in [-0.2, 0) is 0 Å². The van der Waals surface area contributed by atoms with Crippen LogP contribution in [0.1, 0.15) is 32.0 Å². The number of aryl methyl sites for hydroxylation is 2. The van der Waals surface area contributed by atoms with E-state index in [9.17, 15) is 14.7 Å². The second kappa shape index (κ2) is 5.61. The van der Waals surface area contributed by atoms with Gasteiger partial charge in [-0.15, -0.1) is 0 Å². The first-order valence-electron chi connectivity index (χ1n) is 7.11. The standard InChI is InChI=1S/C18H15NO4/c1-10-8-13(23-18(22)12-6-4-3-5-7-12)9-14-11(2)16(17(20)21)19-15(10)14/h3-9,19H,1-2H3,(H,20,21). The number of H-pyrrole nitrogens is 1. The Morgan fingerprint density at radius 1 is 1.09 bits per heavy atom. The molecule has 0 aliphatic rings. The monoisotopic (exact) mass is 309 g/mol.